The van der Waals surface area contributed by atoms with Crippen molar-refractivity contribution in [1.82, 2.24) is 4.90 Å². The first-order valence-corrected chi connectivity index (χ1v) is 5.12. The summed E-state index contributed by atoms with van der Waals surface area (Å²) in [5.74, 6) is 0. The zero-order chi connectivity index (χ0) is 10.8. The van der Waals surface area contributed by atoms with E-state index in [0.717, 1.165) is 4.86 Å². The minimum Gasteiger partial charge on any atom is -0.441 e. The fourth-order valence-electron chi connectivity index (χ4n) is 1.59. The van der Waals surface area contributed by atoms with Crippen LogP contribution in [0.15, 0.2) is 23.9 Å². The number of cyclic esters (lactones) is 1. The minimum atomic E-state index is -0.438. The lowest BCUT2D eigenvalue weighted by Crippen LogP contribution is -2.29. The van der Waals surface area contributed by atoms with Crippen LogP contribution in [0.25, 0.3) is 0 Å². The molecule has 5 heteroatoms. The zero-order valence-electron chi connectivity index (χ0n) is 8.05. The van der Waals surface area contributed by atoms with Gasteiger partial charge in [-0.2, -0.15) is 0 Å². The molecule has 0 bridgehead atoms. The summed E-state index contributed by atoms with van der Waals surface area (Å²) in [4.78, 5) is 13.7. The summed E-state index contributed by atoms with van der Waals surface area (Å²) in [5, 5.41) is 8.90. The average molecular weight is 225 g/mol. The minimum absolute atomic E-state index is 0.155. The molecule has 1 aliphatic heterocycles. The van der Waals surface area contributed by atoms with E-state index in [1.807, 2.05) is 12.2 Å². The van der Waals surface area contributed by atoms with Gasteiger partial charge in [0.25, 0.3) is 0 Å². The Morgan fingerprint density at radius 1 is 1.67 bits per heavy atom. The standard InChI is InChI=1S/C10H11NO3S/c12-6-7-5-11(10(13)14-7)8-3-1-2-4-9(8)15/h1-3,7,12H,4-6H2. The second-order valence-electron chi connectivity index (χ2n) is 3.41. The number of allylic oxidation sites excluding steroid dienone is 4. The first-order valence-electron chi connectivity index (χ1n) is 4.71. The topological polar surface area (TPSA) is 49.8 Å². The Bertz CT molecular complexity index is 362. The summed E-state index contributed by atoms with van der Waals surface area (Å²) in [6, 6.07) is 0. The Hall–Kier alpha value is -1.20. The van der Waals surface area contributed by atoms with Crippen LogP contribution < -0.4 is 0 Å². The number of nitrogens with zero attached hydrogens (tertiary/aromatic N) is 1. The molecule has 1 aliphatic carbocycles. The highest BCUT2D eigenvalue weighted by Crippen LogP contribution is 2.21. The molecule has 0 aromatic carbocycles. The quantitative estimate of drug-likeness (QED) is 0.713. The van der Waals surface area contributed by atoms with Crippen LogP contribution in [0, 0.1) is 0 Å². The van der Waals surface area contributed by atoms with Gasteiger partial charge in [0.15, 0.2) is 0 Å². The highest BCUT2D eigenvalue weighted by Gasteiger charge is 2.34. The Balaban J connectivity index is 2.17. The monoisotopic (exact) mass is 225 g/mol. The predicted octanol–water partition coefficient (Wildman–Crippen LogP) is 1.01. The van der Waals surface area contributed by atoms with Gasteiger partial charge in [-0.05, 0) is 6.08 Å². The fraction of sp³-hybridized carbons (Fsp3) is 0.400. The van der Waals surface area contributed by atoms with Crippen molar-refractivity contribution in [2.45, 2.75) is 12.5 Å². The molecule has 2 rings (SSSR count). The molecule has 15 heavy (non-hydrogen) atoms. The van der Waals surface area contributed by atoms with Crippen LogP contribution >= 0.6 is 12.2 Å². The number of aliphatic hydroxyl groups is 1. The largest absolute Gasteiger partial charge is 0.441 e. The summed E-state index contributed by atoms with van der Waals surface area (Å²) in [6.45, 7) is 0.216. The van der Waals surface area contributed by atoms with Gasteiger partial charge in [-0.3, -0.25) is 4.90 Å². The van der Waals surface area contributed by atoms with Gasteiger partial charge in [0.2, 0.25) is 0 Å². The van der Waals surface area contributed by atoms with Crippen molar-refractivity contribution in [1.29, 1.82) is 0 Å². The van der Waals surface area contributed by atoms with E-state index in [1.165, 1.54) is 4.90 Å². The maximum absolute atomic E-state index is 11.5. The summed E-state index contributed by atoms with van der Waals surface area (Å²) in [5.41, 5.74) is 0.716. The van der Waals surface area contributed by atoms with Crippen molar-refractivity contribution in [2.75, 3.05) is 13.2 Å². The molecule has 1 unspecified atom stereocenters. The van der Waals surface area contributed by atoms with Crippen molar-refractivity contribution in [3.05, 3.63) is 23.9 Å². The van der Waals surface area contributed by atoms with Crippen LogP contribution in [0.1, 0.15) is 6.42 Å². The summed E-state index contributed by atoms with van der Waals surface area (Å²) < 4.78 is 4.94. The first-order chi connectivity index (χ1) is 7.22. The molecule has 1 fully saturated rings. The highest BCUT2D eigenvalue weighted by molar-refractivity contribution is 7.80. The van der Waals surface area contributed by atoms with Gasteiger partial charge in [-0.15, -0.1) is 0 Å². The molecule has 0 aromatic heterocycles. The van der Waals surface area contributed by atoms with Crippen molar-refractivity contribution < 1.29 is 14.6 Å². The zero-order valence-corrected chi connectivity index (χ0v) is 8.87. The van der Waals surface area contributed by atoms with Gasteiger partial charge >= 0.3 is 6.09 Å². The third-order valence-electron chi connectivity index (χ3n) is 2.35. The number of rotatable bonds is 2. The number of carbonyl (C=O) groups excluding carboxylic acids is 1. The Labute approximate surface area is 92.8 Å². The molecule has 80 valence electrons. The van der Waals surface area contributed by atoms with Gasteiger partial charge in [-0.25, -0.2) is 4.79 Å². The predicted molar refractivity (Wildman–Crippen MR) is 58.5 cm³/mol. The van der Waals surface area contributed by atoms with E-state index >= 15 is 0 Å². The fourth-order valence-corrected chi connectivity index (χ4v) is 1.86. The molecule has 4 nitrogen and oxygen atoms in total. The summed E-state index contributed by atoms with van der Waals surface area (Å²) >= 11 is 5.16. The van der Waals surface area contributed by atoms with E-state index in [2.05, 4.69) is 0 Å². The number of ether oxygens (including phenoxy) is 1. The lowest BCUT2D eigenvalue weighted by atomic mass is 10.1. The number of carbonyl (C=O) groups is 1. The molecular weight excluding hydrogens is 214 g/mol. The van der Waals surface area contributed by atoms with Crippen molar-refractivity contribution in [3.8, 4) is 0 Å². The summed E-state index contributed by atoms with van der Waals surface area (Å²) in [7, 11) is 0. The van der Waals surface area contributed by atoms with Crippen molar-refractivity contribution >= 4 is 23.2 Å². The Morgan fingerprint density at radius 2 is 2.47 bits per heavy atom. The second-order valence-corrected chi connectivity index (χ2v) is 3.90. The third-order valence-corrected chi connectivity index (χ3v) is 2.72. The number of thiocarbonyl (C=S) groups is 1. The normalized spacial score (nSPS) is 25.5. The van der Waals surface area contributed by atoms with Crippen LogP contribution in [0.2, 0.25) is 0 Å². The number of aliphatic hydroxyl groups excluding tert-OH is 1. The molecular formula is C10H11NO3S. The van der Waals surface area contributed by atoms with Gasteiger partial charge < -0.3 is 9.84 Å². The SMILES string of the molecule is O=C1OC(CO)CN1C1=CC=CCC1=S. The van der Waals surface area contributed by atoms with E-state index in [0.29, 0.717) is 18.7 Å². The van der Waals surface area contributed by atoms with Gasteiger partial charge in [0, 0.05) is 11.3 Å². The number of hydrogen-bond acceptors (Lipinski definition) is 4. The first kappa shape index (κ1) is 10.3. The van der Waals surface area contributed by atoms with Crippen LogP contribution in [0.3, 0.4) is 0 Å². The molecule has 0 spiro atoms. The highest BCUT2D eigenvalue weighted by atomic mass is 32.1. The second kappa shape index (κ2) is 4.12. The van der Waals surface area contributed by atoms with E-state index < -0.39 is 12.2 Å². The van der Waals surface area contributed by atoms with Crippen molar-refractivity contribution in [3.63, 3.8) is 0 Å². The molecule has 0 radical (unpaired) electrons. The maximum Gasteiger partial charge on any atom is 0.414 e. The lowest BCUT2D eigenvalue weighted by Gasteiger charge is -2.18. The van der Waals surface area contributed by atoms with Gasteiger partial charge in [0.1, 0.15) is 6.10 Å². The molecule has 2 aliphatic rings. The van der Waals surface area contributed by atoms with E-state index in [9.17, 15) is 4.79 Å². The Kier molecular flexibility index (Phi) is 2.83. The molecule has 0 aromatic rings. The third kappa shape index (κ3) is 1.93. The average Bonchev–Trinajstić information content (AvgIpc) is 2.60. The molecule has 1 atom stereocenters. The van der Waals surface area contributed by atoms with Crippen LogP contribution in [0.4, 0.5) is 4.79 Å². The van der Waals surface area contributed by atoms with Crippen LogP contribution in [-0.2, 0) is 4.74 Å². The van der Waals surface area contributed by atoms with Crippen molar-refractivity contribution in [2.24, 2.45) is 0 Å². The lowest BCUT2D eigenvalue weighted by molar-refractivity contribution is 0.0952. The maximum atomic E-state index is 11.5. The van der Waals surface area contributed by atoms with E-state index in [1.54, 1.807) is 6.08 Å². The van der Waals surface area contributed by atoms with Gasteiger partial charge in [-0.1, -0.05) is 24.4 Å². The molecule has 1 N–H and O–H groups in total. The van der Waals surface area contributed by atoms with E-state index in [-0.39, 0.29) is 6.61 Å². The molecule has 0 saturated carbocycles. The van der Waals surface area contributed by atoms with Crippen LogP contribution in [-0.4, -0.2) is 40.2 Å². The summed E-state index contributed by atoms with van der Waals surface area (Å²) in [6.07, 6.45) is 5.41. The smallest absolute Gasteiger partial charge is 0.414 e. The van der Waals surface area contributed by atoms with Gasteiger partial charge in [0.05, 0.1) is 18.8 Å². The molecule has 1 saturated heterocycles. The molecule has 1 amide bonds. The van der Waals surface area contributed by atoms with E-state index in [4.69, 9.17) is 22.1 Å². The molecule has 1 heterocycles. The van der Waals surface area contributed by atoms with Crippen LogP contribution in [0.5, 0.6) is 0 Å². The Morgan fingerprint density at radius 3 is 3.07 bits per heavy atom. The number of amides is 1. The number of hydrogen-bond donors (Lipinski definition) is 1.